The molecule has 4 heterocycles. The number of amides is 9. The average Bonchev–Trinajstić information content (AvgIpc) is 0.790. The minimum Gasteiger partial charge on any atom is -0.379 e. The lowest BCUT2D eigenvalue weighted by Gasteiger charge is -2.50. The van der Waals surface area contributed by atoms with Crippen LogP contribution in [0.25, 0.3) is 0 Å². The molecule has 0 saturated carbocycles. The summed E-state index contributed by atoms with van der Waals surface area (Å²) in [6.45, 7) is 32.5. The molecule has 3 aliphatic rings. The maximum Gasteiger partial charge on any atom is 0.270 e. The van der Waals surface area contributed by atoms with E-state index < -0.39 is 155 Å². The molecule has 29 heteroatoms. The van der Waals surface area contributed by atoms with E-state index in [0.717, 1.165) is 56.1 Å². The number of aryl methyl sites for hydroxylation is 1. The number of ether oxygens (including phenoxy) is 2. The molecule has 2 N–H and O–H groups in total. The molecule has 0 spiro atoms. The second kappa shape index (κ2) is 41.5. The van der Waals surface area contributed by atoms with E-state index in [2.05, 4.69) is 31.1 Å². The van der Waals surface area contributed by atoms with E-state index in [0.29, 0.717) is 31.2 Å². The van der Waals surface area contributed by atoms with Gasteiger partial charge in [-0.2, -0.15) is 0 Å². The third-order valence-corrected chi connectivity index (χ3v) is 21.6. The van der Waals surface area contributed by atoms with Crippen molar-refractivity contribution in [2.45, 2.75) is 260 Å². The molecule has 580 valence electrons. The fourth-order valence-corrected chi connectivity index (χ4v) is 14.7. The molecular weight excluding hydrogens is 1330 g/mol. The van der Waals surface area contributed by atoms with Gasteiger partial charge in [-0.25, -0.2) is 9.75 Å². The van der Waals surface area contributed by atoms with Crippen LogP contribution in [0.15, 0.2) is 5.16 Å². The van der Waals surface area contributed by atoms with Crippen molar-refractivity contribution in [1.82, 2.24) is 70.2 Å². The molecule has 3 fully saturated rings. The van der Waals surface area contributed by atoms with Crippen molar-refractivity contribution in [2.24, 2.45) is 54.4 Å². The third-order valence-electron chi connectivity index (χ3n) is 20.5. The molecule has 14 atom stereocenters. The number of rotatable bonds is 24. The maximum atomic E-state index is 15.4. The van der Waals surface area contributed by atoms with Gasteiger partial charge in [0.05, 0.1) is 25.4 Å². The lowest BCUT2D eigenvalue weighted by Crippen LogP contribution is -2.72. The summed E-state index contributed by atoms with van der Waals surface area (Å²) < 4.78 is 13.6. The maximum absolute atomic E-state index is 15.4. The molecule has 1 aromatic heterocycles. The summed E-state index contributed by atoms with van der Waals surface area (Å²) in [5.74, 6) is -9.35. The van der Waals surface area contributed by atoms with Gasteiger partial charge in [0, 0.05) is 99.5 Å². The van der Waals surface area contributed by atoms with Crippen LogP contribution in [0.5, 0.6) is 0 Å². The van der Waals surface area contributed by atoms with Gasteiger partial charge in [-0.05, 0) is 125 Å². The largest absolute Gasteiger partial charge is 0.379 e. The lowest BCUT2D eigenvalue weighted by molar-refractivity contribution is -0.322. The fourth-order valence-electron chi connectivity index (χ4n) is 13.9. The van der Waals surface area contributed by atoms with Crippen LogP contribution in [-0.4, -0.2) is 278 Å². The van der Waals surface area contributed by atoms with Crippen molar-refractivity contribution in [1.29, 1.82) is 0 Å². The summed E-state index contributed by atoms with van der Waals surface area (Å²) in [5.41, 5.74) is 0. The van der Waals surface area contributed by atoms with Crippen LogP contribution in [0, 0.1) is 47.3 Å². The summed E-state index contributed by atoms with van der Waals surface area (Å²) in [6.07, 6.45) is 2.65. The number of carbonyl (C=O) groups is 11. The van der Waals surface area contributed by atoms with Crippen molar-refractivity contribution in [3.63, 3.8) is 0 Å². The lowest BCUT2D eigenvalue weighted by atomic mass is 9.85. The molecule has 0 aliphatic carbocycles. The Balaban J connectivity index is 1.86. The van der Waals surface area contributed by atoms with E-state index in [4.69, 9.17) is 14.3 Å². The van der Waals surface area contributed by atoms with Gasteiger partial charge in [0.1, 0.15) is 48.4 Å². The highest BCUT2D eigenvalue weighted by Gasteiger charge is 2.55. The molecule has 0 aromatic carbocycles. The van der Waals surface area contributed by atoms with E-state index in [1.165, 1.54) is 97.3 Å². The highest BCUT2D eigenvalue weighted by atomic mass is 32.2. The molecule has 102 heavy (non-hydrogen) atoms. The van der Waals surface area contributed by atoms with Gasteiger partial charge in [0.25, 0.3) is 5.91 Å². The number of nitrogens with zero attached hydrogens (tertiary/aromatic N) is 12. The van der Waals surface area contributed by atoms with Crippen LogP contribution in [0.1, 0.15) is 188 Å². The number of likely N-dealkylation sites (N-methyl/N-ethyl adjacent to an activating group) is 6. The Bertz CT molecular complexity index is 2940. The summed E-state index contributed by atoms with van der Waals surface area (Å²) in [5, 5.41) is 19.1. The van der Waals surface area contributed by atoms with Crippen molar-refractivity contribution < 1.29 is 67.1 Å². The second-order valence-corrected chi connectivity index (χ2v) is 32.0. The van der Waals surface area contributed by atoms with E-state index in [1.54, 1.807) is 60.2 Å². The fraction of sp³-hybridized carbons (Fsp3) is 0.836. The number of carbonyl (C=O) groups excluding carboxylic acids is 11. The summed E-state index contributed by atoms with van der Waals surface area (Å²) in [7, 11) is 10.6. The standard InChI is InChI=1S/C73H128N14O14S/c1-24-54-69(95)79(17)51(15)67(93)84(22)61(52(16)100-34-28-27-31-86-32-35-99-36-33-86)59(89)42-53(46(8)9)68(94)80(18)55(38-43(2)3)58(88)41-49(13)64(90)74-50(14)66(92)81(19)56(39-44(4)5)70(96)82(20)57(40-45(6)7)71(97)83(21)60(47(10)11)72(98)87-62(65(91)75-54)63(101-87)48(12)30-26-25-29-37-102-73-76-77-78-85(73)23/h43-57,60-63H,24-42H2,1-23H3,(H,74,90)(H,75,91)/t48-,49-,50-,51-,52-,53+,54+,55+,56+,57+,60+,61+,62+,63-/m1/s1. The van der Waals surface area contributed by atoms with Crippen molar-refractivity contribution in [2.75, 3.05) is 87.5 Å². The summed E-state index contributed by atoms with van der Waals surface area (Å²) in [6, 6.07) is -10.7. The molecule has 3 saturated heterocycles. The van der Waals surface area contributed by atoms with E-state index in [9.17, 15) is 19.2 Å². The Hall–Kier alpha value is -6.17. The number of ketones is 2. The minimum absolute atomic E-state index is 0.0560. The molecule has 4 rings (SSSR count). The first kappa shape index (κ1) is 88.2. The number of hydrogen-bond donors (Lipinski definition) is 2. The normalized spacial score (nSPS) is 27.4. The van der Waals surface area contributed by atoms with Crippen LogP contribution < -0.4 is 10.6 Å². The third kappa shape index (κ3) is 24.2. The molecule has 28 nitrogen and oxygen atoms in total. The van der Waals surface area contributed by atoms with E-state index >= 15 is 33.6 Å². The monoisotopic (exact) mass is 1460 g/mol. The summed E-state index contributed by atoms with van der Waals surface area (Å²) >= 11 is 1.54. The number of hydrogen-bond acceptors (Lipinski definition) is 19. The van der Waals surface area contributed by atoms with Gasteiger partial charge in [-0.1, -0.05) is 115 Å². The van der Waals surface area contributed by atoms with Crippen LogP contribution in [-0.2, 0) is 74.1 Å². The number of tetrazole rings is 1. The van der Waals surface area contributed by atoms with Crippen molar-refractivity contribution in [3.05, 3.63) is 0 Å². The number of nitrogens with one attached hydrogen (secondary N) is 2. The molecule has 0 unspecified atom stereocenters. The quantitative estimate of drug-likeness (QED) is 0.0947. The van der Waals surface area contributed by atoms with Gasteiger partial charge in [-0.15, -0.1) is 5.10 Å². The van der Waals surface area contributed by atoms with Crippen LogP contribution in [0.3, 0.4) is 0 Å². The van der Waals surface area contributed by atoms with Crippen molar-refractivity contribution >= 4 is 76.5 Å². The number of aromatic nitrogens is 4. The zero-order valence-corrected chi connectivity index (χ0v) is 66.7. The zero-order chi connectivity index (χ0) is 76.9. The van der Waals surface area contributed by atoms with Crippen molar-refractivity contribution in [3.8, 4) is 0 Å². The highest BCUT2D eigenvalue weighted by molar-refractivity contribution is 7.99. The number of fused-ring (bicyclic) bond motifs is 1. The van der Waals surface area contributed by atoms with Gasteiger partial charge in [-0.3, -0.25) is 62.5 Å². The van der Waals surface area contributed by atoms with Gasteiger partial charge < -0.3 is 49.5 Å². The first-order valence-corrected chi connectivity index (χ1v) is 38.3. The number of thioether (sulfide) groups is 1. The Kier molecular flexibility index (Phi) is 35.9. The minimum atomic E-state index is -1.29. The molecule has 1 aromatic rings. The SMILES string of the molecule is CC[C@@H]1NC(=O)[C@@H]2[C@@H]([C@H](C)CCCCCSc3nnnn3C)ON2C(=O)[C@H](C(C)C)N(C)C(=O)[C@H](CC(C)C)N(C)C(=O)[C@H](CC(C)C)N(C)C(=O)[C@@H](C)NC(=O)[C@H](C)CC(=O)[C@H](CC(C)C)N(C)C(=O)[C@H](C(C)C)CC(=O)[C@H]([C@@H](C)OCCCCN2CCOCC2)N(C)C(=O)[C@@H](C)N(C)C1=O. The predicted octanol–water partition coefficient (Wildman–Crippen LogP) is 5.54. The number of hydroxylamine groups is 2. The smallest absolute Gasteiger partial charge is 0.270 e. The van der Waals surface area contributed by atoms with Gasteiger partial charge in [0.2, 0.25) is 52.4 Å². The number of unbranched alkanes of at least 4 members (excludes halogenated alkanes) is 3. The molecule has 0 bridgehead atoms. The Morgan fingerprint density at radius 1 is 0.559 bits per heavy atom. The Morgan fingerprint density at radius 3 is 1.67 bits per heavy atom. The molecule has 3 aliphatic heterocycles. The Morgan fingerprint density at radius 2 is 1.12 bits per heavy atom. The first-order valence-electron chi connectivity index (χ1n) is 37.3. The molecule has 0 radical (unpaired) electrons. The van der Waals surface area contributed by atoms with Crippen LogP contribution in [0.2, 0.25) is 0 Å². The van der Waals surface area contributed by atoms with E-state index in [-0.39, 0.29) is 68.8 Å². The molecular formula is C73H128N14O14S. The van der Waals surface area contributed by atoms with Gasteiger partial charge >= 0.3 is 0 Å². The Labute approximate surface area is 612 Å². The molecule has 9 amide bonds. The zero-order valence-electron chi connectivity index (χ0n) is 65.9. The summed E-state index contributed by atoms with van der Waals surface area (Å²) in [4.78, 5) is 181. The van der Waals surface area contributed by atoms with Crippen LogP contribution >= 0.6 is 11.8 Å². The predicted molar refractivity (Wildman–Crippen MR) is 389 cm³/mol. The topological polar surface area (TPSA) is 309 Å². The highest BCUT2D eigenvalue weighted by Crippen LogP contribution is 2.35. The average molecular weight is 1460 g/mol. The van der Waals surface area contributed by atoms with E-state index in [1.807, 2.05) is 48.5 Å². The number of morpholine rings is 1. The first-order chi connectivity index (χ1) is 47.8. The number of Topliss-reactive ketones (excluding diaryl/α,β-unsaturated/α-hetero) is 2. The van der Waals surface area contributed by atoms with Gasteiger partial charge in [0.15, 0.2) is 17.6 Å². The second-order valence-electron chi connectivity index (χ2n) is 30.9. The van der Waals surface area contributed by atoms with Crippen LogP contribution in [0.4, 0.5) is 0 Å².